The number of hydrogen-bond donors (Lipinski definition) is 11. The van der Waals surface area contributed by atoms with Crippen LogP contribution in [0.1, 0.15) is 62.3 Å². The van der Waals surface area contributed by atoms with Crippen LogP contribution in [0, 0.1) is 19.8 Å². The molecule has 0 saturated carbocycles. The van der Waals surface area contributed by atoms with Gasteiger partial charge in [-0.3, -0.25) is 0 Å². The standard InChI is InChI=1S/C38H63N11O5/c1-25-9-13-30(14-10-25)18-32(48-37(53)42-20-27(3)8-6-7-17-39)23-45-36(52)47-29(5)22-43-38(54)49-33(19-31-15-11-26(2)12-16-31)24-44-35(51)46-28(4)21-41-34(40)50/h9-16,27-29,32-33H,6-8,17-24,39H2,1-5H3,(H3,40,41,50)(H2,42,48,53)(H2,43,49,54)(H2,44,46,51)(H2,45,47,52)/t27-,28-,29-,32-,33-/m0/s1. The average molecular weight is 754 g/mol. The lowest BCUT2D eigenvalue weighted by Crippen LogP contribution is -2.54. The van der Waals surface area contributed by atoms with Crippen LogP contribution < -0.4 is 59.3 Å². The second-order valence-electron chi connectivity index (χ2n) is 14.1. The van der Waals surface area contributed by atoms with Crippen LogP contribution >= 0.6 is 0 Å². The first-order valence-electron chi connectivity index (χ1n) is 18.7. The number of nitrogens with two attached hydrogens (primary N) is 2. The van der Waals surface area contributed by atoms with Gasteiger partial charge in [-0.1, -0.05) is 73.0 Å². The fraction of sp³-hybridized carbons (Fsp3) is 0.553. The predicted molar refractivity (Wildman–Crippen MR) is 212 cm³/mol. The lowest BCUT2D eigenvalue weighted by Gasteiger charge is -2.23. The molecule has 2 aromatic rings. The third-order valence-electron chi connectivity index (χ3n) is 8.56. The molecule has 0 radical (unpaired) electrons. The fourth-order valence-electron chi connectivity index (χ4n) is 5.43. The van der Waals surface area contributed by atoms with Gasteiger partial charge in [0.15, 0.2) is 0 Å². The number of unbranched alkanes of at least 4 members (excludes halogenated alkanes) is 1. The van der Waals surface area contributed by atoms with Crippen LogP contribution in [0.4, 0.5) is 24.0 Å². The van der Waals surface area contributed by atoms with E-state index in [1.54, 1.807) is 13.8 Å². The number of nitrogens with one attached hydrogen (secondary N) is 9. The lowest BCUT2D eigenvalue weighted by molar-refractivity contribution is 0.226. The average Bonchev–Trinajstić information content (AvgIpc) is 3.12. The molecule has 0 saturated heterocycles. The Hall–Kier alpha value is -5.25. The van der Waals surface area contributed by atoms with Crippen molar-refractivity contribution < 1.29 is 24.0 Å². The van der Waals surface area contributed by atoms with E-state index in [2.05, 4.69) is 54.8 Å². The molecule has 2 aromatic carbocycles. The van der Waals surface area contributed by atoms with Crippen molar-refractivity contribution in [1.29, 1.82) is 0 Å². The number of primary amides is 1. The van der Waals surface area contributed by atoms with Crippen molar-refractivity contribution in [3.05, 3.63) is 70.8 Å². The molecule has 300 valence electrons. The molecule has 54 heavy (non-hydrogen) atoms. The lowest BCUT2D eigenvalue weighted by atomic mass is 10.0. The molecule has 16 nitrogen and oxygen atoms in total. The molecule has 0 fully saturated rings. The minimum Gasteiger partial charge on any atom is -0.352 e. The highest BCUT2D eigenvalue weighted by Crippen LogP contribution is 2.09. The molecule has 5 atom stereocenters. The van der Waals surface area contributed by atoms with E-state index in [0.29, 0.717) is 31.8 Å². The van der Waals surface area contributed by atoms with E-state index in [0.717, 1.165) is 41.5 Å². The Kier molecular flexibility index (Phi) is 20.7. The van der Waals surface area contributed by atoms with Gasteiger partial charge in [0.1, 0.15) is 0 Å². The monoisotopic (exact) mass is 754 g/mol. The van der Waals surface area contributed by atoms with Crippen molar-refractivity contribution in [2.75, 3.05) is 39.3 Å². The van der Waals surface area contributed by atoms with E-state index in [1.165, 1.54) is 0 Å². The Bertz CT molecular complexity index is 1440. The highest BCUT2D eigenvalue weighted by atomic mass is 16.2. The quantitative estimate of drug-likeness (QED) is 0.0805. The summed E-state index contributed by atoms with van der Waals surface area (Å²) in [6.07, 6.45) is 3.92. The Morgan fingerprint density at radius 2 is 0.926 bits per heavy atom. The van der Waals surface area contributed by atoms with E-state index in [9.17, 15) is 24.0 Å². The summed E-state index contributed by atoms with van der Waals surface area (Å²) in [5.41, 5.74) is 14.9. The normalized spacial score (nSPS) is 13.5. The highest BCUT2D eigenvalue weighted by molar-refractivity contribution is 5.77. The molecule has 0 aliphatic heterocycles. The number of carbonyl (C=O) groups is 5. The molecule has 2 rings (SSSR count). The molecule has 0 heterocycles. The van der Waals surface area contributed by atoms with Crippen molar-refractivity contribution in [2.45, 2.75) is 90.9 Å². The van der Waals surface area contributed by atoms with E-state index >= 15 is 0 Å². The molecule has 0 spiro atoms. The molecule has 0 aliphatic rings. The van der Waals surface area contributed by atoms with E-state index in [4.69, 9.17) is 11.5 Å². The number of aryl methyl sites for hydroxylation is 2. The Morgan fingerprint density at radius 3 is 1.35 bits per heavy atom. The summed E-state index contributed by atoms with van der Waals surface area (Å²) in [7, 11) is 0. The number of carbonyl (C=O) groups excluding carboxylic acids is 5. The maximum Gasteiger partial charge on any atom is 0.315 e. The second kappa shape index (κ2) is 24.9. The third kappa shape index (κ3) is 20.7. The molecular formula is C38H63N11O5. The first kappa shape index (κ1) is 44.9. The minimum atomic E-state index is -0.686. The van der Waals surface area contributed by atoms with Gasteiger partial charge in [0.2, 0.25) is 0 Å². The van der Waals surface area contributed by atoms with Crippen molar-refractivity contribution in [3.63, 3.8) is 0 Å². The number of urea groups is 5. The summed E-state index contributed by atoms with van der Waals surface area (Å²) < 4.78 is 0. The van der Waals surface area contributed by atoms with Gasteiger partial charge in [0, 0.05) is 44.8 Å². The number of rotatable bonds is 22. The van der Waals surface area contributed by atoms with Gasteiger partial charge in [-0.15, -0.1) is 0 Å². The molecule has 0 aromatic heterocycles. The Balaban J connectivity index is 1.88. The van der Waals surface area contributed by atoms with Crippen LogP contribution in [0.15, 0.2) is 48.5 Å². The van der Waals surface area contributed by atoms with Gasteiger partial charge in [-0.2, -0.15) is 0 Å². The first-order valence-corrected chi connectivity index (χ1v) is 18.7. The van der Waals surface area contributed by atoms with E-state index in [1.807, 2.05) is 62.4 Å². The summed E-state index contributed by atoms with van der Waals surface area (Å²) in [6, 6.07) is 11.9. The Labute approximate surface area is 319 Å². The first-order chi connectivity index (χ1) is 25.7. The molecule has 16 heteroatoms. The third-order valence-corrected chi connectivity index (χ3v) is 8.56. The van der Waals surface area contributed by atoms with Crippen LogP contribution in [0.5, 0.6) is 0 Å². The van der Waals surface area contributed by atoms with Crippen LogP contribution in [-0.4, -0.2) is 93.6 Å². The van der Waals surface area contributed by atoms with E-state index < -0.39 is 36.2 Å². The smallest absolute Gasteiger partial charge is 0.315 e. The zero-order valence-electron chi connectivity index (χ0n) is 32.5. The molecule has 10 amide bonds. The van der Waals surface area contributed by atoms with Gasteiger partial charge in [0.25, 0.3) is 0 Å². The molecule has 0 unspecified atom stereocenters. The zero-order chi connectivity index (χ0) is 39.9. The number of hydrogen-bond acceptors (Lipinski definition) is 6. The van der Waals surface area contributed by atoms with Crippen molar-refractivity contribution in [3.8, 4) is 0 Å². The van der Waals surface area contributed by atoms with Gasteiger partial charge < -0.3 is 59.3 Å². The second-order valence-corrected chi connectivity index (χ2v) is 14.1. The van der Waals surface area contributed by atoms with Crippen LogP contribution in [-0.2, 0) is 12.8 Å². The van der Waals surface area contributed by atoms with Crippen molar-refractivity contribution >= 4 is 30.2 Å². The number of benzene rings is 2. The maximum absolute atomic E-state index is 13.0. The van der Waals surface area contributed by atoms with Gasteiger partial charge in [-0.25, -0.2) is 24.0 Å². The largest absolute Gasteiger partial charge is 0.352 e. The zero-order valence-corrected chi connectivity index (χ0v) is 32.5. The Morgan fingerprint density at radius 1 is 0.537 bits per heavy atom. The minimum absolute atomic E-state index is 0.128. The topological polar surface area (TPSA) is 246 Å². The molecule has 0 bridgehead atoms. The summed E-state index contributed by atoms with van der Waals surface area (Å²) in [4.78, 5) is 62.1. The number of amides is 10. The van der Waals surface area contributed by atoms with E-state index in [-0.39, 0.29) is 44.3 Å². The summed E-state index contributed by atoms with van der Waals surface area (Å²) in [6.45, 7) is 11.4. The van der Waals surface area contributed by atoms with Gasteiger partial charge >= 0.3 is 30.2 Å². The van der Waals surface area contributed by atoms with Crippen LogP contribution in [0.2, 0.25) is 0 Å². The van der Waals surface area contributed by atoms with Crippen LogP contribution in [0.25, 0.3) is 0 Å². The van der Waals surface area contributed by atoms with Gasteiger partial charge in [0.05, 0.1) is 12.1 Å². The van der Waals surface area contributed by atoms with Crippen molar-refractivity contribution in [1.82, 2.24) is 47.9 Å². The van der Waals surface area contributed by atoms with Crippen LogP contribution in [0.3, 0.4) is 0 Å². The fourth-order valence-corrected chi connectivity index (χ4v) is 5.43. The molecular weight excluding hydrogens is 690 g/mol. The summed E-state index contributed by atoms with van der Waals surface area (Å²) in [5, 5.41) is 25.2. The summed E-state index contributed by atoms with van der Waals surface area (Å²) >= 11 is 0. The molecule has 13 N–H and O–H groups in total. The van der Waals surface area contributed by atoms with Gasteiger partial charge in [-0.05, 0) is 77.0 Å². The molecule has 0 aliphatic carbocycles. The predicted octanol–water partition coefficient (Wildman–Crippen LogP) is 2.23. The maximum atomic E-state index is 13.0. The SMILES string of the molecule is Cc1ccc(C[C@@H](CNC(=O)N[C@@H](C)CNC(N)=O)NC(=O)NC[C@H](C)NC(=O)NC[C@H](Cc2ccc(C)cc2)NC(=O)NC[C@@H](C)CCCCN)cc1. The van der Waals surface area contributed by atoms with Crippen molar-refractivity contribution in [2.24, 2.45) is 17.4 Å². The highest BCUT2D eigenvalue weighted by Gasteiger charge is 2.19. The summed E-state index contributed by atoms with van der Waals surface area (Å²) in [5.74, 6) is 0.314.